The lowest BCUT2D eigenvalue weighted by Gasteiger charge is -2.32. The first-order valence-electron chi connectivity index (χ1n) is 10.1. The van der Waals surface area contributed by atoms with E-state index in [0.717, 1.165) is 26.0 Å². The summed E-state index contributed by atoms with van der Waals surface area (Å²) in [5.41, 5.74) is 2.67. The molecular weight excluding hydrogens is 298 g/mol. The van der Waals surface area contributed by atoms with Crippen LogP contribution < -0.4 is 0 Å². The molecule has 0 aromatic rings. The predicted molar refractivity (Wildman–Crippen MR) is 103 cm³/mol. The molecular formula is C20H37N3O. The van der Waals surface area contributed by atoms with Crippen LogP contribution in [0.5, 0.6) is 0 Å². The molecule has 2 rings (SSSR count). The van der Waals surface area contributed by atoms with Crippen molar-refractivity contribution in [3.05, 3.63) is 11.6 Å². The van der Waals surface area contributed by atoms with Gasteiger partial charge < -0.3 is 14.6 Å². The van der Waals surface area contributed by atoms with Crippen LogP contribution in [0, 0.1) is 0 Å². The summed E-state index contributed by atoms with van der Waals surface area (Å²) in [5.74, 6) is 0. The maximum Gasteiger partial charge on any atom is 0.118 e. The van der Waals surface area contributed by atoms with Gasteiger partial charge in [0.1, 0.15) is 6.61 Å². The second-order valence-electron chi connectivity index (χ2n) is 7.30. The zero-order valence-corrected chi connectivity index (χ0v) is 15.9. The molecule has 0 N–H and O–H groups in total. The van der Waals surface area contributed by atoms with Crippen molar-refractivity contribution in [2.75, 3.05) is 46.4 Å². The van der Waals surface area contributed by atoms with Crippen molar-refractivity contribution in [2.24, 2.45) is 5.16 Å². The number of unbranched alkanes of at least 4 members (excludes halogenated alkanes) is 3. The molecule has 24 heavy (non-hydrogen) atoms. The van der Waals surface area contributed by atoms with E-state index in [1.165, 1.54) is 82.4 Å². The van der Waals surface area contributed by atoms with E-state index in [2.05, 4.69) is 35.0 Å². The second-order valence-corrected chi connectivity index (χ2v) is 7.30. The molecule has 1 aliphatic heterocycles. The number of oxime groups is 1. The van der Waals surface area contributed by atoms with Crippen LogP contribution in [0.1, 0.15) is 64.7 Å². The lowest BCUT2D eigenvalue weighted by atomic mass is 9.92. The lowest BCUT2D eigenvalue weighted by molar-refractivity contribution is 0.110. The van der Waals surface area contributed by atoms with Gasteiger partial charge in [-0.05, 0) is 57.6 Å². The molecule has 0 unspecified atom stereocenters. The minimum Gasteiger partial charge on any atom is -0.396 e. The van der Waals surface area contributed by atoms with Crippen LogP contribution in [-0.4, -0.2) is 61.9 Å². The summed E-state index contributed by atoms with van der Waals surface area (Å²) in [6, 6.07) is 0. The van der Waals surface area contributed by atoms with Gasteiger partial charge in [0.05, 0.1) is 5.71 Å². The average molecular weight is 336 g/mol. The van der Waals surface area contributed by atoms with Crippen LogP contribution in [0.15, 0.2) is 16.8 Å². The highest BCUT2D eigenvalue weighted by molar-refractivity contribution is 6.00. The molecule has 0 amide bonds. The third kappa shape index (κ3) is 7.35. The van der Waals surface area contributed by atoms with Gasteiger partial charge in [0.2, 0.25) is 0 Å². The Morgan fingerprint density at radius 2 is 1.83 bits per heavy atom. The third-order valence-electron chi connectivity index (χ3n) is 5.16. The normalized spacial score (nSPS) is 23.9. The van der Waals surface area contributed by atoms with E-state index in [0.29, 0.717) is 0 Å². The summed E-state index contributed by atoms with van der Waals surface area (Å²) in [5, 5.41) is 4.48. The average Bonchev–Trinajstić information content (AvgIpc) is 2.61. The summed E-state index contributed by atoms with van der Waals surface area (Å²) in [7, 11) is 2.20. The standard InChI is InChI=1S/C20H37N3O/c1-3-4-5-6-10-19-11-7-8-12-20(19)21-24-18-9-13-23-16-14-22(2)15-17-23/h10H,3-9,11-18H2,1-2H3. The molecule has 4 nitrogen and oxygen atoms in total. The van der Waals surface area contributed by atoms with Gasteiger partial charge in [-0.25, -0.2) is 0 Å². The highest BCUT2D eigenvalue weighted by atomic mass is 16.6. The first-order chi connectivity index (χ1) is 11.8. The first-order valence-corrected chi connectivity index (χ1v) is 10.1. The molecule has 1 heterocycles. The van der Waals surface area contributed by atoms with Crippen LogP contribution in [0.3, 0.4) is 0 Å². The number of hydrogen-bond donors (Lipinski definition) is 0. The number of piperazine rings is 1. The van der Waals surface area contributed by atoms with Gasteiger partial charge >= 0.3 is 0 Å². The fourth-order valence-corrected chi connectivity index (χ4v) is 3.46. The van der Waals surface area contributed by atoms with Crippen molar-refractivity contribution >= 4 is 5.71 Å². The van der Waals surface area contributed by atoms with Crippen LogP contribution in [0.25, 0.3) is 0 Å². The van der Waals surface area contributed by atoms with Crippen LogP contribution >= 0.6 is 0 Å². The van der Waals surface area contributed by atoms with E-state index in [4.69, 9.17) is 4.84 Å². The molecule has 0 aromatic heterocycles. The minimum absolute atomic E-state index is 0.749. The fraction of sp³-hybridized carbons (Fsp3) is 0.850. The number of allylic oxidation sites excluding steroid dienone is 2. The molecule has 1 saturated heterocycles. The number of nitrogens with zero attached hydrogens (tertiary/aromatic N) is 3. The van der Waals surface area contributed by atoms with Gasteiger partial charge in [-0.15, -0.1) is 0 Å². The Hall–Kier alpha value is -0.870. The highest BCUT2D eigenvalue weighted by Gasteiger charge is 2.14. The molecule has 1 saturated carbocycles. The second kappa shape index (κ2) is 11.6. The summed E-state index contributed by atoms with van der Waals surface area (Å²) >= 11 is 0. The molecule has 0 spiro atoms. The lowest BCUT2D eigenvalue weighted by Crippen LogP contribution is -2.44. The molecule has 2 fully saturated rings. The van der Waals surface area contributed by atoms with Crippen molar-refractivity contribution in [1.82, 2.24) is 9.80 Å². The van der Waals surface area contributed by atoms with Crippen molar-refractivity contribution in [2.45, 2.75) is 64.7 Å². The van der Waals surface area contributed by atoms with Gasteiger partial charge in [0.15, 0.2) is 0 Å². The fourth-order valence-electron chi connectivity index (χ4n) is 3.46. The maximum atomic E-state index is 5.65. The van der Waals surface area contributed by atoms with E-state index in [1.807, 2.05) is 0 Å². The van der Waals surface area contributed by atoms with Crippen LogP contribution in [-0.2, 0) is 4.84 Å². The largest absolute Gasteiger partial charge is 0.396 e. The monoisotopic (exact) mass is 335 g/mol. The van der Waals surface area contributed by atoms with E-state index >= 15 is 0 Å². The van der Waals surface area contributed by atoms with Crippen LogP contribution in [0.2, 0.25) is 0 Å². The third-order valence-corrected chi connectivity index (χ3v) is 5.16. The number of rotatable bonds is 9. The quantitative estimate of drug-likeness (QED) is 0.469. The molecule has 0 aromatic carbocycles. The Kier molecular flexibility index (Phi) is 9.44. The number of likely N-dealkylation sites (N-methyl/N-ethyl adjacent to an activating group) is 1. The van der Waals surface area contributed by atoms with E-state index < -0.39 is 0 Å². The Morgan fingerprint density at radius 3 is 2.62 bits per heavy atom. The van der Waals surface area contributed by atoms with E-state index in [1.54, 1.807) is 0 Å². The minimum atomic E-state index is 0.749. The molecule has 138 valence electrons. The summed E-state index contributed by atoms with van der Waals surface area (Å²) < 4.78 is 0. The molecule has 0 radical (unpaired) electrons. The van der Waals surface area contributed by atoms with E-state index in [9.17, 15) is 0 Å². The van der Waals surface area contributed by atoms with Gasteiger partial charge in [0.25, 0.3) is 0 Å². The summed E-state index contributed by atoms with van der Waals surface area (Å²) in [6.45, 7) is 8.91. The Bertz CT molecular complexity index is 398. The molecule has 0 atom stereocenters. The molecule has 4 heteroatoms. The molecule has 1 aliphatic carbocycles. The SMILES string of the molecule is CCCCCC=C1CCCCC1=NOCCCN1CCN(C)CC1. The van der Waals surface area contributed by atoms with Crippen LogP contribution in [0.4, 0.5) is 0 Å². The first kappa shape index (κ1) is 19.5. The van der Waals surface area contributed by atoms with E-state index in [-0.39, 0.29) is 0 Å². The number of hydrogen-bond acceptors (Lipinski definition) is 4. The Labute approximate surface area is 148 Å². The van der Waals surface area contributed by atoms with Crippen molar-refractivity contribution in [3.8, 4) is 0 Å². The topological polar surface area (TPSA) is 28.1 Å². The van der Waals surface area contributed by atoms with Crippen molar-refractivity contribution in [1.29, 1.82) is 0 Å². The predicted octanol–water partition coefficient (Wildman–Crippen LogP) is 4.08. The van der Waals surface area contributed by atoms with Crippen molar-refractivity contribution in [3.63, 3.8) is 0 Å². The zero-order valence-electron chi connectivity index (χ0n) is 15.9. The molecule has 0 bridgehead atoms. The Morgan fingerprint density at radius 1 is 1.04 bits per heavy atom. The maximum absolute atomic E-state index is 5.65. The zero-order chi connectivity index (χ0) is 17.0. The van der Waals surface area contributed by atoms with Gasteiger partial charge in [0, 0.05) is 32.7 Å². The van der Waals surface area contributed by atoms with Gasteiger partial charge in [-0.3, -0.25) is 0 Å². The summed E-state index contributed by atoms with van der Waals surface area (Å²) in [4.78, 5) is 10.6. The van der Waals surface area contributed by atoms with Gasteiger partial charge in [-0.2, -0.15) is 0 Å². The van der Waals surface area contributed by atoms with Gasteiger partial charge in [-0.1, -0.05) is 31.0 Å². The molecule has 2 aliphatic rings. The Balaban J connectivity index is 1.65. The summed E-state index contributed by atoms with van der Waals surface area (Å²) in [6.07, 6.45) is 13.5. The smallest absolute Gasteiger partial charge is 0.118 e. The highest BCUT2D eigenvalue weighted by Crippen LogP contribution is 2.22. The van der Waals surface area contributed by atoms with Crippen molar-refractivity contribution < 1.29 is 4.84 Å².